The average Bonchev–Trinajstić information content (AvgIpc) is 2.13. The molecule has 12 heavy (non-hydrogen) atoms. The van der Waals surface area contributed by atoms with Crippen molar-refractivity contribution in [3.8, 4) is 0 Å². The van der Waals surface area contributed by atoms with Gasteiger partial charge in [0.25, 0.3) is 0 Å². The van der Waals surface area contributed by atoms with Crippen LogP contribution in [0.4, 0.5) is 0 Å². The molecule has 0 bridgehead atoms. The Morgan fingerprint density at radius 1 is 0.833 bits per heavy atom. The molecule has 0 unspecified atom stereocenters. The number of likely N-dealkylation sites (N-methyl/N-ethyl adjacent to an activating group) is 1. The molecule has 2 nitrogen and oxygen atoms in total. The van der Waals surface area contributed by atoms with Gasteiger partial charge in [-0.3, -0.25) is 4.90 Å². The summed E-state index contributed by atoms with van der Waals surface area (Å²) < 4.78 is 1.45. The summed E-state index contributed by atoms with van der Waals surface area (Å²) in [5.74, 6) is 0. The van der Waals surface area contributed by atoms with Crippen LogP contribution in [0, 0.1) is 0 Å². The minimum atomic E-state index is 1.32. The van der Waals surface area contributed by atoms with Crippen molar-refractivity contribution < 1.29 is 4.48 Å². The van der Waals surface area contributed by atoms with Crippen LogP contribution >= 0.6 is 0 Å². The second-order valence-corrected chi connectivity index (χ2v) is 4.60. The van der Waals surface area contributed by atoms with E-state index >= 15 is 0 Å². The highest BCUT2D eigenvalue weighted by Crippen LogP contribution is 2.20. The van der Waals surface area contributed by atoms with Gasteiger partial charge in [-0.05, 0) is 26.3 Å². The van der Waals surface area contributed by atoms with E-state index in [0.717, 1.165) is 0 Å². The van der Waals surface area contributed by atoms with E-state index in [0.29, 0.717) is 0 Å². The number of hydrogen-bond donors (Lipinski definition) is 0. The Hall–Kier alpha value is -0.0800. The molecule has 2 heteroatoms. The van der Waals surface area contributed by atoms with E-state index in [4.69, 9.17) is 0 Å². The van der Waals surface area contributed by atoms with Crippen molar-refractivity contribution in [2.24, 2.45) is 0 Å². The van der Waals surface area contributed by atoms with E-state index in [9.17, 15) is 0 Å². The van der Waals surface area contributed by atoms with Gasteiger partial charge in [-0.2, -0.15) is 0 Å². The lowest BCUT2D eigenvalue weighted by Crippen LogP contribution is -2.60. The standard InChI is InChI=1S/C10H21N2/c1-11-5-9-12(10-6-11)7-3-2-4-8-12/h2-10H2,1H3/q+1. The van der Waals surface area contributed by atoms with Crippen molar-refractivity contribution in [3.05, 3.63) is 0 Å². The number of hydrogen-bond acceptors (Lipinski definition) is 1. The summed E-state index contributed by atoms with van der Waals surface area (Å²) in [7, 11) is 2.25. The summed E-state index contributed by atoms with van der Waals surface area (Å²) in [4.78, 5) is 2.47. The van der Waals surface area contributed by atoms with Crippen molar-refractivity contribution >= 4 is 0 Å². The van der Waals surface area contributed by atoms with E-state index in [1.807, 2.05) is 0 Å². The largest absolute Gasteiger partial charge is 0.321 e. The Bertz CT molecular complexity index is 140. The summed E-state index contributed by atoms with van der Waals surface area (Å²) in [6.45, 7) is 8.40. The molecule has 1 spiro atoms. The van der Waals surface area contributed by atoms with E-state index in [-0.39, 0.29) is 0 Å². The molecule has 0 aromatic rings. The summed E-state index contributed by atoms with van der Waals surface area (Å²) in [5, 5.41) is 0. The molecule has 2 fully saturated rings. The molecule has 0 aliphatic carbocycles. The first-order valence-electron chi connectivity index (χ1n) is 5.34. The first-order chi connectivity index (χ1) is 5.81. The highest BCUT2D eigenvalue weighted by atomic mass is 15.4. The molecule has 0 atom stereocenters. The lowest BCUT2D eigenvalue weighted by Gasteiger charge is -2.46. The third kappa shape index (κ3) is 1.64. The zero-order valence-corrected chi connectivity index (χ0v) is 8.26. The lowest BCUT2D eigenvalue weighted by atomic mass is 10.1. The van der Waals surface area contributed by atoms with Gasteiger partial charge in [0.15, 0.2) is 0 Å². The van der Waals surface area contributed by atoms with Crippen molar-refractivity contribution in [1.82, 2.24) is 4.90 Å². The monoisotopic (exact) mass is 169 g/mol. The molecule has 0 saturated carbocycles. The van der Waals surface area contributed by atoms with Crippen molar-refractivity contribution in [2.45, 2.75) is 19.3 Å². The van der Waals surface area contributed by atoms with Crippen molar-refractivity contribution in [3.63, 3.8) is 0 Å². The van der Waals surface area contributed by atoms with Crippen LogP contribution in [0.5, 0.6) is 0 Å². The van der Waals surface area contributed by atoms with Crippen LogP contribution in [-0.2, 0) is 0 Å². The van der Waals surface area contributed by atoms with E-state index in [2.05, 4.69) is 11.9 Å². The zero-order chi connectivity index (χ0) is 8.44. The van der Waals surface area contributed by atoms with Gasteiger partial charge < -0.3 is 4.48 Å². The quantitative estimate of drug-likeness (QED) is 0.488. The van der Waals surface area contributed by atoms with Gasteiger partial charge in [-0.15, -0.1) is 0 Å². The molecule has 2 saturated heterocycles. The number of piperazine rings is 1. The molecule has 2 aliphatic rings. The van der Waals surface area contributed by atoms with Crippen LogP contribution in [0.1, 0.15) is 19.3 Å². The second kappa shape index (κ2) is 3.35. The van der Waals surface area contributed by atoms with Crippen LogP contribution in [0.3, 0.4) is 0 Å². The van der Waals surface area contributed by atoms with Crippen LogP contribution in [-0.4, -0.2) is 55.7 Å². The SMILES string of the molecule is CN1CC[N+]2(CCCCC2)CC1. The maximum absolute atomic E-state index is 2.47. The van der Waals surface area contributed by atoms with Crippen LogP contribution < -0.4 is 0 Å². The molecular weight excluding hydrogens is 148 g/mol. The normalized spacial score (nSPS) is 30.8. The average molecular weight is 169 g/mol. The van der Waals surface area contributed by atoms with Gasteiger partial charge >= 0.3 is 0 Å². The van der Waals surface area contributed by atoms with E-state index in [1.54, 1.807) is 0 Å². The van der Waals surface area contributed by atoms with Gasteiger partial charge in [0.05, 0.1) is 26.2 Å². The lowest BCUT2D eigenvalue weighted by molar-refractivity contribution is -0.936. The van der Waals surface area contributed by atoms with Crippen molar-refractivity contribution in [2.75, 3.05) is 46.3 Å². The Balaban J connectivity index is 1.92. The van der Waals surface area contributed by atoms with Gasteiger partial charge in [-0.1, -0.05) is 0 Å². The summed E-state index contributed by atoms with van der Waals surface area (Å²) >= 11 is 0. The molecule has 2 heterocycles. The number of rotatable bonds is 0. The molecule has 0 radical (unpaired) electrons. The molecule has 2 aliphatic heterocycles. The Labute approximate surface area is 75.7 Å². The minimum Gasteiger partial charge on any atom is -0.321 e. The molecule has 2 rings (SSSR count). The predicted octanol–water partition coefficient (Wildman–Crippen LogP) is 0.932. The number of nitrogens with zero attached hydrogens (tertiary/aromatic N) is 2. The fourth-order valence-electron chi connectivity index (χ4n) is 2.62. The molecule has 70 valence electrons. The fraction of sp³-hybridized carbons (Fsp3) is 1.00. The van der Waals surface area contributed by atoms with Crippen LogP contribution in [0.15, 0.2) is 0 Å². The fourth-order valence-corrected chi connectivity index (χ4v) is 2.62. The molecule has 0 amide bonds. The Morgan fingerprint density at radius 3 is 2.00 bits per heavy atom. The molecule has 0 aromatic heterocycles. The summed E-state index contributed by atoms with van der Waals surface area (Å²) in [5.41, 5.74) is 0. The number of piperidine rings is 1. The van der Waals surface area contributed by atoms with E-state index < -0.39 is 0 Å². The highest BCUT2D eigenvalue weighted by molar-refractivity contribution is 4.63. The van der Waals surface area contributed by atoms with Gasteiger partial charge in [0.2, 0.25) is 0 Å². The Kier molecular flexibility index (Phi) is 2.37. The van der Waals surface area contributed by atoms with Gasteiger partial charge in [0, 0.05) is 13.1 Å². The smallest absolute Gasteiger partial charge is 0.0916 e. The van der Waals surface area contributed by atoms with Crippen molar-refractivity contribution in [1.29, 1.82) is 0 Å². The maximum atomic E-state index is 2.47. The van der Waals surface area contributed by atoms with E-state index in [1.165, 1.54) is 63.0 Å². The zero-order valence-electron chi connectivity index (χ0n) is 8.26. The molecule has 0 N–H and O–H groups in total. The minimum absolute atomic E-state index is 1.32. The topological polar surface area (TPSA) is 3.24 Å². The van der Waals surface area contributed by atoms with Gasteiger partial charge in [0.1, 0.15) is 0 Å². The third-order valence-corrected chi connectivity index (χ3v) is 3.68. The highest BCUT2D eigenvalue weighted by Gasteiger charge is 2.32. The number of quaternary nitrogens is 1. The maximum Gasteiger partial charge on any atom is 0.0916 e. The van der Waals surface area contributed by atoms with Gasteiger partial charge in [-0.25, -0.2) is 0 Å². The first-order valence-corrected chi connectivity index (χ1v) is 5.34. The third-order valence-electron chi connectivity index (χ3n) is 3.68. The summed E-state index contributed by atoms with van der Waals surface area (Å²) in [6, 6.07) is 0. The van der Waals surface area contributed by atoms with Crippen LogP contribution in [0.2, 0.25) is 0 Å². The molecule has 0 aromatic carbocycles. The Morgan fingerprint density at radius 2 is 1.42 bits per heavy atom. The predicted molar refractivity (Wildman–Crippen MR) is 51.1 cm³/mol. The first kappa shape index (κ1) is 8.52. The van der Waals surface area contributed by atoms with Crippen LogP contribution in [0.25, 0.3) is 0 Å². The molecular formula is C10H21N2+. The summed E-state index contributed by atoms with van der Waals surface area (Å²) in [6.07, 6.45) is 4.43. The second-order valence-electron chi connectivity index (χ2n) is 4.60.